The van der Waals surface area contributed by atoms with Crippen LogP contribution in [0, 0.1) is 0 Å². The van der Waals surface area contributed by atoms with Crippen LogP contribution in [-0.2, 0) is 11.0 Å². The van der Waals surface area contributed by atoms with E-state index in [0.29, 0.717) is 48.7 Å². The van der Waals surface area contributed by atoms with Gasteiger partial charge in [0.25, 0.3) is 5.91 Å². The van der Waals surface area contributed by atoms with Crippen LogP contribution in [0.2, 0.25) is 0 Å². The fourth-order valence-corrected chi connectivity index (χ4v) is 5.18. The quantitative estimate of drug-likeness (QED) is 0.601. The van der Waals surface area contributed by atoms with Gasteiger partial charge in [0.1, 0.15) is 5.82 Å². The number of aromatic nitrogens is 3. The smallest absolute Gasteiger partial charge is 0.338 e. The monoisotopic (exact) mass is 475 g/mol. The van der Waals surface area contributed by atoms with Crippen molar-refractivity contribution in [1.29, 1.82) is 0 Å². The number of rotatable bonds is 2. The normalized spacial score (nSPS) is 21.1. The molecule has 2 aliphatic heterocycles. The Hall–Kier alpha value is -3.08. The van der Waals surface area contributed by atoms with Gasteiger partial charge in [0.15, 0.2) is 5.65 Å². The van der Waals surface area contributed by atoms with Crippen LogP contribution in [0.25, 0.3) is 5.65 Å². The van der Waals surface area contributed by atoms with E-state index in [1.807, 2.05) is 13.0 Å². The van der Waals surface area contributed by atoms with Gasteiger partial charge >= 0.3 is 6.18 Å². The number of halogens is 3. The minimum Gasteiger partial charge on any atom is -0.338 e. The summed E-state index contributed by atoms with van der Waals surface area (Å²) in [6.07, 6.45) is -2.08. The number of anilines is 1. The summed E-state index contributed by atoms with van der Waals surface area (Å²) in [6.45, 7) is 2.68. The van der Waals surface area contributed by atoms with E-state index in [2.05, 4.69) is 15.5 Å². The van der Waals surface area contributed by atoms with E-state index in [-0.39, 0.29) is 23.0 Å². The first-order valence-corrected chi connectivity index (χ1v) is 11.4. The van der Waals surface area contributed by atoms with Crippen LogP contribution in [0.3, 0.4) is 0 Å². The van der Waals surface area contributed by atoms with Crippen LogP contribution in [-0.4, -0.2) is 49.7 Å². The second-order valence-electron chi connectivity index (χ2n) is 8.25. The van der Waals surface area contributed by atoms with Crippen molar-refractivity contribution in [2.75, 3.05) is 18.4 Å². The molecule has 0 bridgehead atoms. The number of benzene rings is 1. The molecule has 0 saturated carbocycles. The van der Waals surface area contributed by atoms with Gasteiger partial charge in [0.05, 0.1) is 16.5 Å². The highest BCUT2D eigenvalue weighted by Crippen LogP contribution is 2.37. The summed E-state index contributed by atoms with van der Waals surface area (Å²) in [6, 6.07) is 7.53. The van der Waals surface area contributed by atoms with Crippen molar-refractivity contribution < 1.29 is 22.8 Å². The number of likely N-dealkylation sites (tertiary alicyclic amines) is 1. The van der Waals surface area contributed by atoms with Crippen LogP contribution in [0.1, 0.15) is 47.4 Å². The lowest BCUT2D eigenvalue weighted by atomic mass is 9.96. The maximum absolute atomic E-state index is 13.2. The highest BCUT2D eigenvalue weighted by Gasteiger charge is 2.33. The van der Waals surface area contributed by atoms with E-state index in [0.717, 1.165) is 17.2 Å². The Morgan fingerprint density at radius 1 is 1.21 bits per heavy atom. The molecule has 0 radical (unpaired) electrons. The van der Waals surface area contributed by atoms with Crippen molar-refractivity contribution in [1.82, 2.24) is 19.5 Å². The van der Waals surface area contributed by atoms with Crippen molar-refractivity contribution in [3.8, 4) is 0 Å². The van der Waals surface area contributed by atoms with Crippen molar-refractivity contribution in [3.05, 3.63) is 53.5 Å². The SMILES string of the molecule is CC1Sc2ccc(C(=O)N3CCCC(c4nnc5ccc(C(F)(F)F)cn45)C3)cc2NC1=O. The molecule has 11 heteroatoms. The van der Waals surface area contributed by atoms with Gasteiger partial charge in [-0.15, -0.1) is 22.0 Å². The third kappa shape index (κ3) is 4.05. The van der Waals surface area contributed by atoms with Crippen molar-refractivity contribution in [3.63, 3.8) is 0 Å². The molecule has 172 valence electrons. The zero-order valence-corrected chi connectivity index (χ0v) is 18.4. The fraction of sp³-hybridized carbons (Fsp3) is 0.364. The van der Waals surface area contributed by atoms with Crippen LogP contribution in [0.15, 0.2) is 41.4 Å². The Morgan fingerprint density at radius 2 is 2.03 bits per heavy atom. The van der Waals surface area contributed by atoms with E-state index in [1.54, 1.807) is 17.0 Å². The minimum atomic E-state index is -4.47. The topological polar surface area (TPSA) is 79.6 Å². The third-order valence-corrected chi connectivity index (χ3v) is 7.16. The molecule has 1 saturated heterocycles. The average Bonchev–Trinajstić information content (AvgIpc) is 3.22. The molecule has 2 amide bonds. The second-order valence-corrected chi connectivity index (χ2v) is 9.64. The lowest BCUT2D eigenvalue weighted by Crippen LogP contribution is -2.39. The summed E-state index contributed by atoms with van der Waals surface area (Å²) in [4.78, 5) is 27.8. The fourth-order valence-electron chi connectivity index (χ4n) is 4.25. The molecule has 3 aromatic rings. The lowest BCUT2D eigenvalue weighted by molar-refractivity contribution is -0.137. The minimum absolute atomic E-state index is 0.105. The zero-order chi connectivity index (χ0) is 23.3. The maximum atomic E-state index is 13.2. The predicted molar refractivity (Wildman–Crippen MR) is 116 cm³/mol. The Morgan fingerprint density at radius 3 is 2.82 bits per heavy atom. The summed E-state index contributed by atoms with van der Waals surface area (Å²) in [5.41, 5.74) is 0.627. The maximum Gasteiger partial charge on any atom is 0.417 e. The highest BCUT2D eigenvalue weighted by atomic mass is 32.2. The van der Waals surface area contributed by atoms with Crippen LogP contribution >= 0.6 is 11.8 Å². The van der Waals surface area contributed by atoms with Crippen LogP contribution in [0.5, 0.6) is 0 Å². The molecule has 7 nitrogen and oxygen atoms in total. The van der Waals surface area contributed by atoms with Gasteiger partial charge in [-0.05, 0) is 50.1 Å². The second kappa shape index (κ2) is 8.05. The number of carbonyl (C=O) groups is 2. The van der Waals surface area contributed by atoms with Crippen molar-refractivity contribution >= 4 is 34.9 Å². The number of nitrogens with one attached hydrogen (secondary N) is 1. The molecule has 2 unspecified atom stereocenters. The van der Waals surface area contributed by atoms with E-state index < -0.39 is 11.7 Å². The first-order valence-electron chi connectivity index (χ1n) is 10.5. The molecule has 0 aliphatic carbocycles. The van der Waals surface area contributed by atoms with E-state index in [1.165, 1.54) is 22.2 Å². The number of carbonyl (C=O) groups excluding carboxylic acids is 2. The molecule has 2 aliphatic rings. The lowest BCUT2D eigenvalue weighted by Gasteiger charge is -2.32. The summed E-state index contributed by atoms with van der Waals surface area (Å²) in [7, 11) is 0. The van der Waals surface area contributed by atoms with E-state index in [4.69, 9.17) is 0 Å². The molecule has 1 fully saturated rings. The summed E-state index contributed by atoms with van der Waals surface area (Å²) < 4.78 is 40.9. The Labute approximate surface area is 191 Å². The summed E-state index contributed by atoms with van der Waals surface area (Å²) in [5.74, 6) is -0.121. The van der Waals surface area contributed by atoms with Gasteiger partial charge in [-0.25, -0.2) is 0 Å². The Kier molecular flexibility index (Phi) is 5.31. The molecule has 1 N–H and O–H groups in total. The molecular formula is C22H20F3N5O2S. The van der Waals surface area contributed by atoms with Gasteiger partial charge in [0, 0.05) is 35.7 Å². The standard InChI is InChI=1S/C22H20F3N5O2S/c1-12-20(31)26-16-9-13(4-6-17(16)33-12)21(32)29-8-2-3-14(10-29)19-28-27-18-7-5-15(11-30(18)19)22(23,24)25/h4-7,9,11-12,14H,2-3,8,10H2,1H3,(H,26,31). The largest absolute Gasteiger partial charge is 0.417 e. The molecule has 2 atom stereocenters. The molecule has 33 heavy (non-hydrogen) atoms. The number of alkyl halides is 3. The highest BCUT2D eigenvalue weighted by molar-refractivity contribution is 8.00. The van der Waals surface area contributed by atoms with Gasteiger partial charge in [-0.3, -0.25) is 14.0 Å². The van der Waals surface area contributed by atoms with E-state index >= 15 is 0 Å². The summed E-state index contributed by atoms with van der Waals surface area (Å²) >= 11 is 1.44. The molecular weight excluding hydrogens is 455 g/mol. The van der Waals surface area contributed by atoms with Crippen molar-refractivity contribution in [2.45, 2.75) is 42.0 Å². The number of nitrogens with zero attached hydrogens (tertiary/aromatic N) is 4. The Balaban J connectivity index is 1.39. The van der Waals surface area contributed by atoms with E-state index in [9.17, 15) is 22.8 Å². The van der Waals surface area contributed by atoms with Crippen LogP contribution < -0.4 is 5.32 Å². The third-order valence-electron chi connectivity index (χ3n) is 5.99. The molecule has 5 rings (SSSR count). The number of fused-ring (bicyclic) bond motifs is 2. The number of hydrogen-bond donors (Lipinski definition) is 1. The molecule has 0 spiro atoms. The average molecular weight is 475 g/mol. The first kappa shape index (κ1) is 21.7. The number of amides is 2. The van der Waals surface area contributed by atoms with Crippen LogP contribution in [0.4, 0.5) is 18.9 Å². The summed E-state index contributed by atoms with van der Waals surface area (Å²) in [5, 5.41) is 10.8. The van der Waals surface area contributed by atoms with Crippen molar-refractivity contribution in [2.24, 2.45) is 0 Å². The number of thioether (sulfide) groups is 1. The number of piperidine rings is 1. The molecule has 1 aromatic carbocycles. The molecule has 4 heterocycles. The number of hydrogen-bond acceptors (Lipinski definition) is 5. The van der Waals surface area contributed by atoms with Gasteiger partial charge in [0.2, 0.25) is 5.91 Å². The van der Waals surface area contributed by atoms with Gasteiger partial charge in [-0.2, -0.15) is 13.2 Å². The zero-order valence-electron chi connectivity index (χ0n) is 17.6. The predicted octanol–water partition coefficient (Wildman–Crippen LogP) is 4.20. The van der Waals surface area contributed by atoms with Gasteiger partial charge < -0.3 is 10.2 Å². The van der Waals surface area contributed by atoms with Gasteiger partial charge in [-0.1, -0.05) is 0 Å². The Bertz CT molecular complexity index is 1260. The molecule has 2 aromatic heterocycles. The number of pyridine rings is 1. The first-order chi connectivity index (χ1) is 15.7.